The van der Waals surface area contributed by atoms with Crippen molar-refractivity contribution < 1.29 is 9.59 Å². The molecule has 6 nitrogen and oxygen atoms in total. The minimum absolute atomic E-state index is 0.0317. The zero-order valence-corrected chi connectivity index (χ0v) is 20.2. The molecule has 0 spiro atoms. The SMILES string of the molecule is Cc1cc(C[C@H](C)CC(=O)N2CCC(N3CCc4ccccc4NC3=O)CC2)cc(Cl)c1N. The van der Waals surface area contributed by atoms with Gasteiger partial charge < -0.3 is 20.9 Å². The Kier molecular flexibility index (Phi) is 7.13. The molecule has 176 valence electrons. The molecule has 0 saturated carbocycles. The molecular formula is C26H33ClN4O2. The van der Waals surface area contributed by atoms with Gasteiger partial charge >= 0.3 is 6.03 Å². The summed E-state index contributed by atoms with van der Waals surface area (Å²) in [6.07, 6.45) is 3.77. The van der Waals surface area contributed by atoms with Crippen molar-refractivity contribution in [2.24, 2.45) is 5.92 Å². The van der Waals surface area contributed by atoms with Crippen LogP contribution in [-0.2, 0) is 17.6 Å². The summed E-state index contributed by atoms with van der Waals surface area (Å²) in [7, 11) is 0. The maximum Gasteiger partial charge on any atom is 0.322 e. The van der Waals surface area contributed by atoms with Crippen LogP contribution in [0.25, 0.3) is 0 Å². The second-order valence-corrected chi connectivity index (χ2v) is 9.87. The molecule has 33 heavy (non-hydrogen) atoms. The number of likely N-dealkylation sites (tertiary alicyclic amines) is 1. The van der Waals surface area contributed by atoms with E-state index in [1.165, 1.54) is 5.56 Å². The molecule has 2 aromatic carbocycles. The summed E-state index contributed by atoms with van der Waals surface area (Å²) in [6, 6.07) is 12.1. The number of amides is 3. The van der Waals surface area contributed by atoms with Crippen molar-refractivity contribution in [1.82, 2.24) is 9.80 Å². The molecule has 1 atom stereocenters. The summed E-state index contributed by atoms with van der Waals surface area (Å²) >= 11 is 6.22. The Morgan fingerprint density at radius 1 is 1.21 bits per heavy atom. The van der Waals surface area contributed by atoms with Gasteiger partial charge in [-0.2, -0.15) is 0 Å². The second-order valence-electron chi connectivity index (χ2n) is 9.46. The molecule has 4 rings (SSSR count). The van der Waals surface area contributed by atoms with Gasteiger partial charge in [0.15, 0.2) is 0 Å². The van der Waals surface area contributed by atoms with Crippen molar-refractivity contribution >= 4 is 34.9 Å². The van der Waals surface area contributed by atoms with E-state index in [2.05, 4.69) is 24.4 Å². The quantitative estimate of drug-likeness (QED) is 0.614. The van der Waals surface area contributed by atoms with Crippen molar-refractivity contribution in [3.8, 4) is 0 Å². The number of rotatable bonds is 5. The van der Waals surface area contributed by atoms with E-state index in [9.17, 15) is 9.59 Å². The lowest BCUT2D eigenvalue weighted by atomic mass is 9.95. The number of hydrogen-bond acceptors (Lipinski definition) is 3. The fourth-order valence-corrected chi connectivity index (χ4v) is 5.30. The minimum Gasteiger partial charge on any atom is -0.397 e. The first kappa shape index (κ1) is 23.4. The normalized spacial score (nSPS) is 17.8. The molecule has 0 unspecified atom stereocenters. The van der Waals surface area contributed by atoms with Gasteiger partial charge in [-0.15, -0.1) is 0 Å². The molecule has 0 aromatic heterocycles. The lowest BCUT2D eigenvalue weighted by Gasteiger charge is -2.38. The van der Waals surface area contributed by atoms with Gasteiger partial charge in [-0.1, -0.05) is 42.8 Å². The number of urea groups is 1. The number of benzene rings is 2. The molecule has 2 heterocycles. The van der Waals surface area contributed by atoms with E-state index in [1.807, 2.05) is 41.0 Å². The summed E-state index contributed by atoms with van der Waals surface area (Å²) in [5.41, 5.74) is 10.7. The van der Waals surface area contributed by atoms with Crippen LogP contribution < -0.4 is 11.1 Å². The summed E-state index contributed by atoms with van der Waals surface area (Å²) in [4.78, 5) is 29.6. The zero-order valence-electron chi connectivity index (χ0n) is 19.4. The Bertz CT molecular complexity index is 1010. The van der Waals surface area contributed by atoms with Gasteiger partial charge in [0.05, 0.1) is 10.7 Å². The number of hydrogen-bond donors (Lipinski definition) is 2. The Morgan fingerprint density at radius 2 is 1.94 bits per heavy atom. The predicted octanol–water partition coefficient (Wildman–Crippen LogP) is 4.88. The van der Waals surface area contributed by atoms with Gasteiger partial charge in [0.2, 0.25) is 5.91 Å². The first-order valence-electron chi connectivity index (χ1n) is 11.8. The number of halogens is 1. The molecule has 0 aliphatic carbocycles. The molecule has 0 bridgehead atoms. The van der Waals surface area contributed by atoms with Gasteiger partial charge in [-0.3, -0.25) is 4.79 Å². The molecule has 0 radical (unpaired) electrons. The van der Waals surface area contributed by atoms with E-state index in [0.29, 0.717) is 36.8 Å². The summed E-state index contributed by atoms with van der Waals surface area (Å²) in [6.45, 7) is 6.15. The molecule has 3 N–H and O–H groups in total. The maximum absolute atomic E-state index is 12.9. The molecule has 2 aromatic rings. The molecule has 1 saturated heterocycles. The highest BCUT2D eigenvalue weighted by molar-refractivity contribution is 6.33. The molecule has 2 aliphatic heterocycles. The van der Waals surface area contributed by atoms with Gasteiger partial charge in [0.1, 0.15) is 0 Å². The number of aryl methyl sites for hydroxylation is 1. The van der Waals surface area contributed by atoms with Crippen LogP contribution in [0.5, 0.6) is 0 Å². The van der Waals surface area contributed by atoms with Crippen LogP contribution in [0, 0.1) is 12.8 Å². The molecule has 2 aliphatic rings. The average Bonchev–Trinajstić information content (AvgIpc) is 2.95. The largest absolute Gasteiger partial charge is 0.397 e. The van der Waals surface area contributed by atoms with Crippen molar-refractivity contribution in [3.05, 3.63) is 58.1 Å². The molecule has 1 fully saturated rings. The van der Waals surface area contributed by atoms with Crippen molar-refractivity contribution in [2.75, 3.05) is 30.7 Å². The highest BCUT2D eigenvalue weighted by Crippen LogP contribution is 2.27. The number of nitrogens with two attached hydrogens (primary N) is 1. The monoisotopic (exact) mass is 468 g/mol. The zero-order chi connectivity index (χ0) is 23.5. The number of fused-ring (bicyclic) bond motifs is 1. The van der Waals surface area contributed by atoms with E-state index >= 15 is 0 Å². The fourth-order valence-electron chi connectivity index (χ4n) is 5.01. The van der Waals surface area contributed by atoms with Crippen molar-refractivity contribution in [2.45, 2.75) is 52.0 Å². The lowest BCUT2D eigenvalue weighted by Crippen LogP contribution is -2.50. The highest BCUT2D eigenvalue weighted by Gasteiger charge is 2.31. The number of anilines is 2. The lowest BCUT2D eigenvalue weighted by molar-refractivity contribution is -0.133. The summed E-state index contributed by atoms with van der Waals surface area (Å²) in [5, 5.41) is 3.63. The van der Waals surface area contributed by atoms with Crippen LogP contribution in [0.1, 0.15) is 42.9 Å². The first-order chi connectivity index (χ1) is 15.8. The number of carbonyl (C=O) groups excluding carboxylic acids is 2. The number of nitrogen functional groups attached to an aromatic ring is 1. The maximum atomic E-state index is 12.9. The van der Waals surface area contributed by atoms with Gasteiger partial charge in [0, 0.05) is 37.8 Å². The van der Waals surface area contributed by atoms with E-state index in [4.69, 9.17) is 17.3 Å². The third-order valence-electron chi connectivity index (χ3n) is 6.90. The predicted molar refractivity (Wildman–Crippen MR) is 134 cm³/mol. The van der Waals surface area contributed by atoms with Crippen LogP contribution in [0.2, 0.25) is 5.02 Å². The molecular weight excluding hydrogens is 436 g/mol. The Labute approximate surface area is 201 Å². The molecule has 7 heteroatoms. The van der Waals surface area contributed by atoms with Crippen LogP contribution >= 0.6 is 11.6 Å². The minimum atomic E-state index is -0.0317. The van der Waals surface area contributed by atoms with Crippen LogP contribution in [0.3, 0.4) is 0 Å². The number of carbonyl (C=O) groups is 2. The van der Waals surface area contributed by atoms with Gasteiger partial charge in [-0.05, 0) is 67.3 Å². The summed E-state index contributed by atoms with van der Waals surface area (Å²) in [5.74, 6) is 0.399. The average molecular weight is 469 g/mol. The topological polar surface area (TPSA) is 78.7 Å². The van der Waals surface area contributed by atoms with Crippen molar-refractivity contribution in [1.29, 1.82) is 0 Å². The third-order valence-corrected chi connectivity index (χ3v) is 7.22. The smallest absolute Gasteiger partial charge is 0.322 e. The Balaban J connectivity index is 1.28. The third kappa shape index (κ3) is 5.44. The number of nitrogens with zero attached hydrogens (tertiary/aromatic N) is 2. The highest BCUT2D eigenvalue weighted by atomic mass is 35.5. The summed E-state index contributed by atoms with van der Waals surface area (Å²) < 4.78 is 0. The Hall–Kier alpha value is -2.73. The van der Waals surface area contributed by atoms with E-state index in [1.54, 1.807) is 0 Å². The van der Waals surface area contributed by atoms with Gasteiger partial charge in [-0.25, -0.2) is 4.79 Å². The standard InChI is InChI=1S/C26H33ClN4O2/c1-17(13-19-15-18(2)25(28)22(27)16-19)14-24(32)30-10-8-21(9-11-30)31-12-7-20-5-3-4-6-23(20)29-26(31)33/h3-6,15-17,21H,7-14,28H2,1-2H3,(H,29,33)/t17-/m0/s1. The number of piperidine rings is 1. The van der Waals surface area contributed by atoms with Gasteiger partial charge in [0.25, 0.3) is 0 Å². The Morgan fingerprint density at radius 3 is 2.67 bits per heavy atom. The van der Waals surface area contributed by atoms with Crippen LogP contribution in [0.4, 0.5) is 16.2 Å². The van der Waals surface area contributed by atoms with E-state index < -0.39 is 0 Å². The number of nitrogens with one attached hydrogen (secondary N) is 1. The second kappa shape index (κ2) is 10.0. The molecule has 3 amide bonds. The van der Waals surface area contributed by atoms with Crippen LogP contribution in [0.15, 0.2) is 36.4 Å². The van der Waals surface area contributed by atoms with Crippen molar-refractivity contribution in [3.63, 3.8) is 0 Å². The first-order valence-corrected chi connectivity index (χ1v) is 12.2. The van der Waals surface area contributed by atoms with Crippen LogP contribution in [-0.4, -0.2) is 47.4 Å². The van der Waals surface area contributed by atoms with E-state index in [-0.39, 0.29) is 23.9 Å². The fraction of sp³-hybridized carbons (Fsp3) is 0.462. The number of para-hydroxylation sites is 1. The van der Waals surface area contributed by atoms with E-state index in [0.717, 1.165) is 42.5 Å².